The number of rotatable bonds is 4. The van der Waals surface area contributed by atoms with E-state index < -0.39 is 0 Å². The fourth-order valence-corrected chi connectivity index (χ4v) is 3.34. The van der Waals surface area contributed by atoms with E-state index in [1.807, 2.05) is 43.3 Å². The van der Waals surface area contributed by atoms with Gasteiger partial charge in [-0.1, -0.05) is 35.9 Å². The Balaban J connectivity index is 1.85. The zero-order chi connectivity index (χ0) is 17.4. The number of methoxy groups -OCH3 is 1. The lowest BCUT2D eigenvalue weighted by Gasteiger charge is -2.20. The maximum atomic E-state index is 6.40. The predicted molar refractivity (Wildman–Crippen MR) is 103 cm³/mol. The SMILES string of the molecule is CCOc1c(Cl)cc(C2=Nc3cccc4cccc(c34)N2)cc1OC. The first-order valence-corrected chi connectivity index (χ1v) is 8.47. The van der Waals surface area contributed by atoms with Crippen LogP contribution in [0.4, 0.5) is 11.4 Å². The summed E-state index contributed by atoms with van der Waals surface area (Å²) in [5, 5.41) is 6.18. The molecule has 0 amide bonds. The number of halogens is 1. The smallest absolute Gasteiger partial charge is 0.179 e. The highest BCUT2D eigenvalue weighted by atomic mass is 35.5. The number of anilines is 1. The van der Waals surface area contributed by atoms with E-state index in [1.54, 1.807) is 7.11 Å². The molecule has 0 fully saturated rings. The van der Waals surface area contributed by atoms with E-state index in [9.17, 15) is 0 Å². The summed E-state index contributed by atoms with van der Waals surface area (Å²) in [6.07, 6.45) is 0. The van der Waals surface area contributed by atoms with Crippen molar-refractivity contribution in [3.63, 3.8) is 0 Å². The van der Waals surface area contributed by atoms with E-state index in [2.05, 4.69) is 17.4 Å². The molecule has 4 nitrogen and oxygen atoms in total. The van der Waals surface area contributed by atoms with Gasteiger partial charge in [-0.25, -0.2) is 4.99 Å². The molecule has 0 atom stereocenters. The molecule has 1 aliphatic heterocycles. The molecule has 0 bridgehead atoms. The highest BCUT2D eigenvalue weighted by Crippen LogP contribution is 2.39. The Morgan fingerprint density at radius 2 is 1.92 bits per heavy atom. The van der Waals surface area contributed by atoms with Crippen molar-refractivity contribution in [1.29, 1.82) is 0 Å². The Bertz CT molecular complexity index is 993. The normalized spacial score (nSPS) is 12.5. The van der Waals surface area contributed by atoms with Gasteiger partial charge in [0.25, 0.3) is 0 Å². The van der Waals surface area contributed by atoms with Crippen molar-refractivity contribution in [2.45, 2.75) is 6.92 Å². The molecule has 0 radical (unpaired) electrons. The predicted octanol–water partition coefficient (Wildman–Crippen LogP) is 5.40. The standard InChI is InChI=1S/C20H17ClN2O2/c1-3-25-19-14(21)10-13(11-17(19)24-2)20-22-15-8-4-6-12-7-5-9-16(23-20)18(12)15/h4-11H,3H2,1-2H3,(H,22,23). The Hall–Kier alpha value is -2.72. The van der Waals surface area contributed by atoms with Gasteiger partial charge in [0, 0.05) is 16.6 Å². The fourth-order valence-electron chi connectivity index (χ4n) is 3.07. The second kappa shape index (κ2) is 6.30. The van der Waals surface area contributed by atoms with Crippen LogP contribution in [0.1, 0.15) is 12.5 Å². The first-order valence-electron chi connectivity index (χ1n) is 8.09. The minimum Gasteiger partial charge on any atom is -0.493 e. The molecule has 0 saturated carbocycles. The minimum atomic E-state index is 0.498. The number of hydrogen-bond acceptors (Lipinski definition) is 4. The molecular weight excluding hydrogens is 336 g/mol. The number of hydrogen-bond donors (Lipinski definition) is 1. The number of amidine groups is 1. The van der Waals surface area contributed by atoms with Gasteiger partial charge in [-0.2, -0.15) is 0 Å². The second-order valence-electron chi connectivity index (χ2n) is 5.69. The summed E-state index contributed by atoms with van der Waals surface area (Å²) in [4.78, 5) is 4.78. The minimum absolute atomic E-state index is 0.498. The van der Waals surface area contributed by atoms with Crippen LogP contribution in [0.2, 0.25) is 5.02 Å². The number of ether oxygens (including phenoxy) is 2. The van der Waals surface area contributed by atoms with Crippen LogP contribution in [-0.4, -0.2) is 19.6 Å². The molecule has 0 saturated heterocycles. The highest BCUT2D eigenvalue weighted by Gasteiger charge is 2.19. The van der Waals surface area contributed by atoms with E-state index in [0.717, 1.165) is 33.5 Å². The van der Waals surface area contributed by atoms with Crippen molar-refractivity contribution in [2.24, 2.45) is 4.99 Å². The molecule has 3 aromatic rings. The lowest BCUT2D eigenvalue weighted by atomic mass is 10.0. The number of benzene rings is 3. The van der Waals surface area contributed by atoms with Crippen LogP contribution >= 0.6 is 11.6 Å². The van der Waals surface area contributed by atoms with E-state index in [-0.39, 0.29) is 0 Å². The summed E-state index contributed by atoms with van der Waals surface area (Å²) in [6.45, 7) is 2.43. The van der Waals surface area contributed by atoms with Gasteiger partial charge in [0.2, 0.25) is 0 Å². The molecule has 1 N–H and O–H groups in total. The summed E-state index contributed by atoms with van der Waals surface area (Å²) < 4.78 is 11.0. The van der Waals surface area contributed by atoms with Crippen molar-refractivity contribution >= 4 is 39.6 Å². The molecule has 1 aliphatic rings. The second-order valence-corrected chi connectivity index (χ2v) is 6.10. The largest absolute Gasteiger partial charge is 0.493 e. The first-order chi connectivity index (χ1) is 12.2. The third-order valence-corrected chi connectivity index (χ3v) is 4.44. The Morgan fingerprint density at radius 3 is 2.68 bits per heavy atom. The Morgan fingerprint density at radius 1 is 1.12 bits per heavy atom. The van der Waals surface area contributed by atoms with Crippen LogP contribution in [0.5, 0.6) is 11.5 Å². The molecule has 0 spiro atoms. The van der Waals surface area contributed by atoms with Crippen LogP contribution in [0.25, 0.3) is 10.8 Å². The van der Waals surface area contributed by atoms with Crippen LogP contribution in [0, 0.1) is 0 Å². The summed E-state index contributed by atoms with van der Waals surface area (Å²) in [5.74, 6) is 1.87. The number of aliphatic imine (C=N–C) groups is 1. The lowest BCUT2D eigenvalue weighted by molar-refractivity contribution is 0.311. The summed E-state index contributed by atoms with van der Waals surface area (Å²) in [6, 6.07) is 16.0. The van der Waals surface area contributed by atoms with Crippen LogP contribution in [0.3, 0.4) is 0 Å². The average Bonchev–Trinajstić information content (AvgIpc) is 2.63. The van der Waals surface area contributed by atoms with Crippen molar-refractivity contribution in [1.82, 2.24) is 0 Å². The maximum absolute atomic E-state index is 6.40. The molecule has 1 heterocycles. The Kier molecular flexibility index (Phi) is 3.98. The quantitative estimate of drug-likeness (QED) is 0.683. The van der Waals surface area contributed by atoms with Gasteiger partial charge in [-0.15, -0.1) is 0 Å². The van der Waals surface area contributed by atoms with E-state index in [1.165, 1.54) is 0 Å². The topological polar surface area (TPSA) is 42.8 Å². The molecular formula is C20H17ClN2O2. The third kappa shape index (κ3) is 2.68. The first kappa shape index (κ1) is 15.8. The third-order valence-electron chi connectivity index (χ3n) is 4.16. The van der Waals surface area contributed by atoms with E-state index in [0.29, 0.717) is 23.1 Å². The number of nitrogens with one attached hydrogen (secondary N) is 1. The molecule has 5 heteroatoms. The van der Waals surface area contributed by atoms with Crippen LogP contribution < -0.4 is 14.8 Å². The van der Waals surface area contributed by atoms with Gasteiger partial charge in [0.1, 0.15) is 5.84 Å². The van der Waals surface area contributed by atoms with Crippen molar-refractivity contribution in [2.75, 3.05) is 19.0 Å². The number of nitrogens with zero attached hydrogens (tertiary/aromatic N) is 1. The molecule has 126 valence electrons. The van der Waals surface area contributed by atoms with Crippen molar-refractivity contribution in [3.05, 3.63) is 59.1 Å². The molecule has 25 heavy (non-hydrogen) atoms. The van der Waals surface area contributed by atoms with Crippen molar-refractivity contribution < 1.29 is 9.47 Å². The fraction of sp³-hybridized carbons (Fsp3) is 0.150. The van der Waals surface area contributed by atoms with Gasteiger partial charge >= 0.3 is 0 Å². The van der Waals surface area contributed by atoms with Gasteiger partial charge < -0.3 is 14.8 Å². The zero-order valence-corrected chi connectivity index (χ0v) is 14.7. The highest BCUT2D eigenvalue weighted by molar-refractivity contribution is 6.33. The molecule has 0 unspecified atom stereocenters. The van der Waals surface area contributed by atoms with Crippen LogP contribution in [0.15, 0.2) is 53.5 Å². The van der Waals surface area contributed by atoms with Gasteiger partial charge in [0.15, 0.2) is 11.5 Å². The monoisotopic (exact) mass is 352 g/mol. The maximum Gasteiger partial charge on any atom is 0.179 e. The van der Waals surface area contributed by atoms with E-state index >= 15 is 0 Å². The average molecular weight is 353 g/mol. The molecule has 0 aliphatic carbocycles. The summed E-state index contributed by atoms with van der Waals surface area (Å²) in [5.41, 5.74) is 2.81. The van der Waals surface area contributed by atoms with Gasteiger partial charge in [-0.05, 0) is 36.6 Å². The van der Waals surface area contributed by atoms with Crippen molar-refractivity contribution in [3.8, 4) is 11.5 Å². The Labute approximate surface area is 151 Å². The van der Waals surface area contributed by atoms with Gasteiger partial charge in [0.05, 0.1) is 24.4 Å². The molecule has 4 rings (SSSR count). The molecule has 0 aromatic heterocycles. The summed E-state index contributed by atoms with van der Waals surface area (Å²) in [7, 11) is 1.60. The summed E-state index contributed by atoms with van der Waals surface area (Å²) >= 11 is 6.40. The lowest BCUT2D eigenvalue weighted by Crippen LogP contribution is -2.16. The van der Waals surface area contributed by atoms with E-state index in [4.69, 9.17) is 26.1 Å². The molecule has 3 aromatic carbocycles. The van der Waals surface area contributed by atoms with Gasteiger partial charge in [-0.3, -0.25) is 0 Å². The zero-order valence-electron chi connectivity index (χ0n) is 14.0. The van der Waals surface area contributed by atoms with Crippen LogP contribution in [-0.2, 0) is 0 Å².